The quantitative estimate of drug-likeness (QED) is 0.538. The maximum absolute atomic E-state index is 14.4. The third-order valence-corrected chi connectivity index (χ3v) is 5.81. The van der Waals surface area contributed by atoms with Crippen molar-refractivity contribution in [3.63, 3.8) is 0 Å². The van der Waals surface area contributed by atoms with Crippen LogP contribution in [0, 0.1) is 5.82 Å². The Morgan fingerprint density at radius 2 is 2.09 bits per heavy atom. The number of hydrogen-bond donors (Lipinski definition) is 0. The molecule has 3 heterocycles. The van der Waals surface area contributed by atoms with Crippen LogP contribution in [0.5, 0.6) is 0 Å². The Morgan fingerprint density at radius 1 is 1.22 bits per heavy atom. The SMILES string of the molecule is Fc1ccc(Br)cc1C1CC(c2ccc(Br)s2)=Nc2ncnn21. The first-order valence-corrected chi connectivity index (χ1v) is 9.20. The minimum Gasteiger partial charge on any atom is -0.222 e. The zero-order chi connectivity index (χ0) is 16.0. The van der Waals surface area contributed by atoms with Gasteiger partial charge in [0.15, 0.2) is 0 Å². The van der Waals surface area contributed by atoms with E-state index in [4.69, 9.17) is 0 Å². The van der Waals surface area contributed by atoms with E-state index in [1.165, 1.54) is 12.4 Å². The zero-order valence-electron chi connectivity index (χ0n) is 11.6. The highest BCUT2D eigenvalue weighted by Crippen LogP contribution is 2.36. The van der Waals surface area contributed by atoms with E-state index in [1.807, 2.05) is 12.1 Å². The van der Waals surface area contributed by atoms with Crippen LogP contribution in [0.15, 0.2) is 49.9 Å². The number of nitrogens with zero attached hydrogens (tertiary/aromatic N) is 4. The number of fused-ring (bicyclic) bond motifs is 1. The zero-order valence-corrected chi connectivity index (χ0v) is 15.6. The highest BCUT2D eigenvalue weighted by atomic mass is 79.9. The van der Waals surface area contributed by atoms with Gasteiger partial charge in [-0.1, -0.05) is 15.9 Å². The lowest BCUT2D eigenvalue weighted by atomic mass is 9.99. The minimum absolute atomic E-state index is 0.256. The molecule has 116 valence electrons. The van der Waals surface area contributed by atoms with Crippen molar-refractivity contribution in [1.29, 1.82) is 0 Å². The first kappa shape index (κ1) is 15.2. The first-order chi connectivity index (χ1) is 11.1. The van der Waals surface area contributed by atoms with Gasteiger partial charge in [0, 0.05) is 21.3 Å². The molecular weight excluding hydrogens is 447 g/mol. The Hall–Kier alpha value is -1.38. The van der Waals surface area contributed by atoms with Crippen LogP contribution in [-0.4, -0.2) is 20.5 Å². The molecule has 0 aliphatic carbocycles. The van der Waals surface area contributed by atoms with Crippen molar-refractivity contribution in [3.8, 4) is 0 Å². The highest BCUT2D eigenvalue weighted by Gasteiger charge is 2.28. The molecule has 23 heavy (non-hydrogen) atoms. The highest BCUT2D eigenvalue weighted by molar-refractivity contribution is 9.11. The van der Waals surface area contributed by atoms with Crippen molar-refractivity contribution in [2.24, 2.45) is 4.99 Å². The standard InChI is InChI=1S/C15H9Br2FN4S/c16-8-1-2-10(18)9(5-8)12-6-11(13-3-4-14(17)23-13)21-15-19-7-20-22(12)15/h1-5,7,12H,6H2. The number of halogens is 3. The van der Waals surface area contributed by atoms with Gasteiger partial charge in [-0.05, 0) is 46.3 Å². The van der Waals surface area contributed by atoms with Crippen molar-refractivity contribution in [2.45, 2.75) is 12.5 Å². The molecule has 0 bridgehead atoms. The van der Waals surface area contributed by atoms with Gasteiger partial charge in [-0.2, -0.15) is 10.1 Å². The molecular formula is C15H9Br2FN4S. The van der Waals surface area contributed by atoms with Gasteiger partial charge in [0.05, 0.1) is 15.5 Å². The van der Waals surface area contributed by atoms with E-state index >= 15 is 0 Å². The van der Waals surface area contributed by atoms with Crippen LogP contribution in [-0.2, 0) is 0 Å². The molecule has 0 amide bonds. The Morgan fingerprint density at radius 3 is 2.87 bits per heavy atom. The summed E-state index contributed by atoms with van der Waals surface area (Å²) in [6, 6.07) is 8.67. The van der Waals surface area contributed by atoms with Crippen LogP contribution in [0.2, 0.25) is 0 Å². The first-order valence-electron chi connectivity index (χ1n) is 6.79. The fourth-order valence-corrected chi connectivity index (χ4v) is 4.38. The molecule has 1 atom stereocenters. The smallest absolute Gasteiger partial charge is 0.222 e. The van der Waals surface area contributed by atoms with Gasteiger partial charge >= 0.3 is 0 Å². The summed E-state index contributed by atoms with van der Waals surface area (Å²) < 4.78 is 17.9. The lowest BCUT2D eigenvalue weighted by Crippen LogP contribution is -2.21. The van der Waals surface area contributed by atoms with Crippen molar-refractivity contribution in [1.82, 2.24) is 14.8 Å². The maximum Gasteiger partial charge on any atom is 0.248 e. The van der Waals surface area contributed by atoms with Gasteiger partial charge in [0.2, 0.25) is 5.95 Å². The van der Waals surface area contributed by atoms with Crippen molar-refractivity contribution >= 4 is 54.9 Å². The molecule has 0 N–H and O–H groups in total. The number of hydrogen-bond acceptors (Lipinski definition) is 4. The lowest BCUT2D eigenvalue weighted by Gasteiger charge is -2.23. The van der Waals surface area contributed by atoms with Crippen LogP contribution < -0.4 is 0 Å². The number of thiophene rings is 1. The van der Waals surface area contributed by atoms with Crippen LogP contribution in [0.25, 0.3) is 0 Å². The van der Waals surface area contributed by atoms with E-state index in [-0.39, 0.29) is 11.9 Å². The van der Waals surface area contributed by atoms with Crippen molar-refractivity contribution in [3.05, 3.63) is 61.2 Å². The van der Waals surface area contributed by atoms with Gasteiger partial charge < -0.3 is 0 Å². The Kier molecular flexibility index (Phi) is 3.90. The number of benzene rings is 1. The normalized spacial score (nSPS) is 17.0. The summed E-state index contributed by atoms with van der Waals surface area (Å²) in [5.41, 5.74) is 1.47. The molecule has 1 aliphatic heterocycles. The fraction of sp³-hybridized carbons (Fsp3) is 0.133. The van der Waals surface area contributed by atoms with Crippen LogP contribution in [0.3, 0.4) is 0 Å². The average molecular weight is 456 g/mol. The van der Waals surface area contributed by atoms with Crippen molar-refractivity contribution < 1.29 is 4.39 Å². The molecule has 1 aromatic carbocycles. The average Bonchev–Trinajstić information content (AvgIpc) is 3.17. The maximum atomic E-state index is 14.4. The third kappa shape index (κ3) is 2.79. The molecule has 8 heteroatoms. The summed E-state index contributed by atoms with van der Waals surface area (Å²) in [5, 5.41) is 4.23. The molecule has 0 saturated heterocycles. The second-order valence-corrected chi connectivity index (χ2v) is 8.43. The molecule has 4 rings (SSSR count). The third-order valence-electron chi connectivity index (χ3n) is 3.65. The summed E-state index contributed by atoms with van der Waals surface area (Å²) in [6.45, 7) is 0. The van der Waals surface area contributed by atoms with E-state index in [9.17, 15) is 4.39 Å². The molecule has 0 spiro atoms. The van der Waals surface area contributed by atoms with E-state index < -0.39 is 0 Å². The van der Waals surface area contributed by atoms with Gasteiger partial charge in [-0.25, -0.2) is 14.1 Å². The number of rotatable bonds is 2. The largest absolute Gasteiger partial charge is 0.248 e. The van der Waals surface area contributed by atoms with Crippen LogP contribution in [0.1, 0.15) is 22.9 Å². The summed E-state index contributed by atoms with van der Waals surface area (Å²) in [4.78, 5) is 9.82. The Bertz CT molecular complexity index is 918. The summed E-state index contributed by atoms with van der Waals surface area (Å²) in [7, 11) is 0. The molecule has 1 aliphatic rings. The summed E-state index contributed by atoms with van der Waals surface area (Å²) in [5.74, 6) is 0.244. The molecule has 3 aromatic rings. The van der Waals surface area contributed by atoms with Crippen LogP contribution in [0.4, 0.5) is 10.3 Å². The van der Waals surface area contributed by atoms with E-state index in [2.05, 4.69) is 46.9 Å². The monoisotopic (exact) mass is 454 g/mol. The molecule has 0 radical (unpaired) electrons. The van der Waals surface area contributed by atoms with Crippen molar-refractivity contribution in [2.75, 3.05) is 0 Å². The van der Waals surface area contributed by atoms with E-state index in [0.717, 1.165) is 18.8 Å². The molecule has 2 aromatic heterocycles. The van der Waals surface area contributed by atoms with E-state index in [0.29, 0.717) is 17.9 Å². The second kappa shape index (κ2) is 5.92. The van der Waals surface area contributed by atoms with Gasteiger partial charge in [0.25, 0.3) is 0 Å². The van der Waals surface area contributed by atoms with E-state index in [1.54, 1.807) is 28.2 Å². The molecule has 0 fully saturated rings. The minimum atomic E-state index is -0.265. The predicted molar refractivity (Wildman–Crippen MR) is 95.1 cm³/mol. The predicted octanol–water partition coefficient (Wildman–Crippen LogP) is 5.12. The second-order valence-electron chi connectivity index (χ2n) is 5.05. The Labute approximate surface area is 152 Å². The number of aromatic nitrogens is 3. The fourth-order valence-electron chi connectivity index (χ4n) is 2.62. The van der Waals surface area contributed by atoms with Gasteiger partial charge in [-0.3, -0.25) is 0 Å². The van der Waals surface area contributed by atoms with Gasteiger partial charge in [0.1, 0.15) is 12.1 Å². The topological polar surface area (TPSA) is 43.1 Å². The van der Waals surface area contributed by atoms with Gasteiger partial charge in [-0.15, -0.1) is 11.3 Å². The molecule has 4 nitrogen and oxygen atoms in total. The van der Waals surface area contributed by atoms with Crippen LogP contribution >= 0.6 is 43.2 Å². The Balaban J connectivity index is 1.83. The molecule has 1 unspecified atom stereocenters. The summed E-state index contributed by atoms with van der Waals surface area (Å²) in [6.07, 6.45) is 2.02. The summed E-state index contributed by atoms with van der Waals surface area (Å²) >= 11 is 8.48. The molecule has 0 saturated carbocycles. The number of aliphatic imine (C=N–C) groups is 1. The lowest BCUT2D eigenvalue weighted by molar-refractivity contribution is 0.497.